The number of hydrogen-bond acceptors (Lipinski definition) is 3. The minimum atomic E-state index is -0.0906. The zero-order valence-corrected chi connectivity index (χ0v) is 25.8. The van der Waals surface area contributed by atoms with E-state index in [2.05, 4.69) is 58.5 Å². The van der Waals surface area contributed by atoms with Crippen LogP contribution in [-0.2, 0) is 0 Å². The predicted molar refractivity (Wildman–Crippen MR) is 195 cm³/mol. The number of benzene rings is 4. The number of nitrogens with one attached hydrogen (secondary N) is 2. The fourth-order valence-corrected chi connectivity index (χ4v) is 6.77. The molecule has 0 fully saturated rings. The summed E-state index contributed by atoms with van der Waals surface area (Å²) in [5, 5.41) is 0. The monoisotopic (exact) mass is 616 g/mol. The van der Waals surface area contributed by atoms with E-state index >= 15 is 0 Å². The van der Waals surface area contributed by atoms with Crippen LogP contribution < -0.4 is 0 Å². The fourth-order valence-electron chi connectivity index (χ4n) is 6.77. The maximum atomic E-state index is 14.4. The lowest BCUT2D eigenvalue weighted by atomic mass is 9.92. The van der Waals surface area contributed by atoms with Crippen molar-refractivity contribution in [2.45, 2.75) is 0 Å². The standard InChI is InChI=1S/C43H28N4O/c48-43-41-39(29-17-9-3-10-18-29)35-25-23-33(45-35)37(27-13-5-1-6-14-27)31-21-22-32(44-31)38(28-15-7-2-8-16-28)34-24-26-36(46-34)40(42(43)47-41)30-19-11-4-12-20-30/h1-26,45-46H. The van der Waals surface area contributed by atoms with Gasteiger partial charge in [0.2, 0.25) is 5.78 Å². The maximum absolute atomic E-state index is 14.4. The summed E-state index contributed by atoms with van der Waals surface area (Å²) in [6.07, 6.45) is 4.18. The van der Waals surface area contributed by atoms with Crippen molar-refractivity contribution in [1.82, 2.24) is 19.9 Å². The summed E-state index contributed by atoms with van der Waals surface area (Å²) >= 11 is 0. The third-order valence-corrected chi connectivity index (χ3v) is 8.98. The van der Waals surface area contributed by atoms with Crippen LogP contribution in [0, 0.1) is 0 Å². The van der Waals surface area contributed by atoms with Crippen molar-refractivity contribution in [3.63, 3.8) is 0 Å². The Kier molecular flexibility index (Phi) is 6.54. The highest BCUT2D eigenvalue weighted by Crippen LogP contribution is 2.39. The number of H-pyrrole nitrogens is 2. The highest BCUT2D eigenvalue weighted by molar-refractivity contribution is 6.20. The van der Waals surface area contributed by atoms with Crippen LogP contribution >= 0.6 is 0 Å². The third kappa shape index (κ3) is 4.60. The van der Waals surface area contributed by atoms with E-state index in [0.717, 1.165) is 78.0 Å². The number of aromatic amines is 2. The van der Waals surface area contributed by atoms with Crippen LogP contribution in [0.3, 0.4) is 0 Å². The number of carbonyl (C=O) groups excluding carboxylic acids is 1. The maximum Gasteiger partial charge on any atom is 0.231 e. The number of nitrogens with zero attached hydrogens (tertiary/aromatic N) is 2. The number of aromatic nitrogens is 4. The molecule has 5 heteroatoms. The second kappa shape index (κ2) is 11.3. The van der Waals surface area contributed by atoms with Gasteiger partial charge in [0.1, 0.15) is 11.4 Å². The number of rotatable bonds is 4. The molecule has 48 heavy (non-hydrogen) atoms. The first-order valence-corrected chi connectivity index (χ1v) is 16.0. The summed E-state index contributed by atoms with van der Waals surface area (Å²) in [7, 11) is 0. The van der Waals surface area contributed by atoms with Gasteiger partial charge in [-0.3, -0.25) is 4.79 Å². The Hall–Kier alpha value is -6.59. The molecule has 0 radical (unpaired) electrons. The van der Waals surface area contributed by atoms with E-state index in [0.29, 0.717) is 11.4 Å². The molecule has 6 heterocycles. The van der Waals surface area contributed by atoms with E-state index in [1.807, 2.05) is 109 Å². The van der Waals surface area contributed by atoms with Crippen LogP contribution in [0.4, 0.5) is 0 Å². The molecular weight excluding hydrogens is 589 g/mol. The van der Waals surface area contributed by atoms with E-state index in [1.54, 1.807) is 0 Å². The molecule has 0 amide bonds. The Morgan fingerprint density at radius 1 is 0.354 bits per heavy atom. The van der Waals surface area contributed by atoms with Gasteiger partial charge in [-0.2, -0.15) is 0 Å². The number of ketones is 1. The summed E-state index contributed by atoms with van der Waals surface area (Å²) in [6.45, 7) is 0. The van der Waals surface area contributed by atoms with Gasteiger partial charge >= 0.3 is 0 Å². The molecular formula is C43H28N4O. The van der Waals surface area contributed by atoms with Gasteiger partial charge in [-0.05, 0) is 58.7 Å². The zero-order valence-electron chi connectivity index (χ0n) is 25.8. The van der Waals surface area contributed by atoms with E-state index in [4.69, 9.17) is 9.97 Å². The summed E-state index contributed by atoms with van der Waals surface area (Å²) in [5.74, 6) is -0.0906. The van der Waals surface area contributed by atoms with Crippen molar-refractivity contribution in [3.05, 3.63) is 168 Å². The molecule has 226 valence electrons. The smallest absolute Gasteiger partial charge is 0.231 e. The van der Waals surface area contributed by atoms with E-state index in [-0.39, 0.29) is 5.78 Å². The van der Waals surface area contributed by atoms with Gasteiger partial charge < -0.3 is 9.97 Å². The quantitative estimate of drug-likeness (QED) is 0.207. The molecule has 2 N–H and O–H groups in total. The molecule has 3 aliphatic rings. The molecule has 10 rings (SSSR count). The molecule has 0 atom stereocenters. The first kappa shape index (κ1) is 27.7. The summed E-state index contributed by atoms with van der Waals surface area (Å²) < 4.78 is 0. The minimum absolute atomic E-state index is 0.0906. The number of hydrogen-bond donors (Lipinski definition) is 2. The second-order valence-electron chi connectivity index (χ2n) is 11.9. The van der Waals surface area contributed by atoms with Crippen LogP contribution in [-0.4, -0.2) is 25.7 Å². The van der Waals surface area contributed by atoms with Gasteiger partial charge in [-0.25, -0.2) is 9.97 Å². The van der Waals surface area contributed by atoms with Gasteiger partial charge in [0.05, 0.1) is 11.4 Å². The molecule has 4 aromatic carbocycles. The van der Waals surface area contributed by atoms with Gasteiger partial charge in [0, 0.05) is 44.3 Å². The zero-order chi connectivity index (χ0) is 32.0. The second-order valence-corrected chi connectivity index (χ2v) is 11.9. The largest absolute Gasteiger partial charge is 0.354 e. The van der Waals surface area contributed by atoms with E-state index < -0.39 is 0 Å². The summed E-state index contributed by atoms with van der Waals surface area (Å²) in [6, 6.07) is 48.8. The van der Waals surface area contributed by atoms with Crippen LogP contribution in [0.5, 0.6) is 0 Å². The Morgan fingerprint density at radius 3 is 1.00 bits per heavy atom. The lowest BCUT2D eigenvalue weighted by molar-refractivity contribution is 0.101. The van der Waals surface area contributed by atoms with Gasteiger partial charge in [0.25, 0.3) is 0 Å². The highest BCUT2D eigenvalue weighted by Gasteiger charge is 2.30. The van der Waals surface area contributed by atoms with Crippen molar-refractivity contribution < 1.29 is 4.79 Å². The number of carbonyl (C=O) groups is 1. The average molecular weight is 617 g/mol. The molecule has 3 aliphatic heterocycles. The van der Waals surface area contributed by atoms with E-state index in [9.17, 15) is 4.79 Å². The topological polar surface area (TPSA) is 74.4 Å². The van der Waals surface area contributed by atoms with Gasteiger partial charge in [-0.15, -0.1) is 0 Å². The molecule has 5 nitrogen and oxygen atoms in total. The fraction of sp³-hybridized carbons (Fsp3) is 0. The SMILES string of the molecule is O=C1c2nc1c(-c1ccccc1)c1ccc([nH]1)c(-c1ccccc1)c1nc(c(-c3ccccc3)c3ccc([nH]3)c2-c2ccccc2)C=C1. The molecule has 3 aromatic heterocycles. The lowest BCUT2D eigenvalue weighted by Gasteiger charge is -2.17. The van der Waals surface area contributed by atoms with Crippen molar-refractivity contribution in [1.29, 1.82) is 0 Å². The predicted octanol–water partition coefficient (Wildman–Crippen LogP) is 10.4. The molecule has 0 spiro atoms. The summed E-state index contributed by atoms with van der Waals surface area (Å²) in [4.78, 5) is 32.0. The highest BCUT2D eigenvalue weighted by atomic mass is 16.1. The van der Waals surface area contributed by atoms with Crippen LogP contribution in [0.25, 0.3) is 78.7 Å². The normalized spacial score (nSPS) is 12.1. The Labute approximate surface area is 277 Å². The van der Waals surface area contributed by atoms with Crippen molar-refractivity contribution >= 4 is 40.0 Å². The van der Waals surface area contributed by atoms with E-state index in [1.165, 1.54) is 0 Å². The first-order valence-electron chi connectivity index (χ1n) is 16.0. The van der Waals surface area contributed by atoms with Crippen molar-refractivity contribution in [2.75, 3.05) is 0 Å². The van der Waals surface area contributed by atoms with Crippen LogP contribution in [0.15, 0.2) is 146 Å². The summed E-state index contributed by atoms with van der Waals surface area (Å²) in [5.41, 5.74) is 13.4. The molecule has 0 saturated carbocycles. The van der Waals surface area contributed by atoms with Gasteiger partial charge in [0.15, 0.2) is 0 Å². The third-order valence-electron chi connectivity index (χ3n) is 8.98. The minimum Gasteiger partial charge on any atom is -0.354 e. The Balaban J connectivity index is 1.49. The lowest BCUT2D eigenvalue weighted by Crippen LogP contribution is -2.19. The molecule has 0 saturated heterocycles. The van der Waals surface area contributed by atoms with Crippen molar-refractivity contribution in [3.8, 4) is 44.5 Å². The Morgan fingerprint density at radius 2 is 0.667 bits per heavy atom. The van der Waals surface area contributed by atoms with Crippen LogP contribution in [0.1, 0.15) is 27.6 Å². The average Bonchev–Trinajstić information content (AvgIpc) is 3.93. The first-order chi connectivity index (χ1) is 23.7. The van der Waals surface area contributed by atoms with Crippen LogP contribution in [0.2, 0.25) is 0 Å². The van der Waals surface area contributed by atoms with Crippen molar-refractivity contribution in [2.24, 2.45) is 0 Å². The van der Waals surface area contributed by atoms with Gasteiger partial charge in [-0.1, -0.05) is 121 Å². The molecule has 8 bridgehead atoms. The molecule has 0 unspecified atom stereocenters. The molecule has 7 aromatic rings. The Bertz CT molecular complexity index is 2240. The molecule has 0 aliphatic carbocycles.